The highest BCUT2D eigenvalue weighted by Crippen LogP contribution is 2.58. The first-order valence-electron chi connectivity index (χ1n) is 12.7. The van der Waals surface area contributed by atoms with Gasteiger partial charge in [-0.1, -0.05) is 72.3 Å². The Kier molecular flexibility index (Phi) is 5.28. The fourth-order valence-electron chi connectivity index (χ4n) is 6.62. The van der Waals surface area contributed by atoms with E-state index in [1.54, 1.807) is 54.9 Å². The molecule has 190 valence electrons. The van der Waals surface area contributed by atoms with Gasteiger partial charge in [0.15, 0.2) is 11.6 Å². The van der Waals surface area contributed by atoms with Crippen LogP contribution in [0.1, 0.15) is 31.8 Å². The molecule has 4 atom stereocenters. The molecule has 3 aliphatic heterocycles. The van der Waals surface area contributed by atoms with Crippen LogP contribution in [0.25, 0.3) is 6.08 Å². The number of anilines is 2. The molecule has 1 N–H and O–H groups in total. The van der Waals surface area contributed by atoms with E-state index in [1.807, 2.05) is 59.5 Å². The van der Waals surface area contributed by atoms with Crippen LogP contribution in [-0.4, -0.2) is 34.5 Å². The summed E-state index contributed by atoms with van der Waals surface area (Å²) in [6.45, 7) is 0. The number of carbonyl (C=O) groups is 3. The smallest absolute Gasteiger partial charge is 0.238 e. The van der Waals surface area contributed by atoms with Gasteiger partial charge in [0.05, 0.1) is 12.0 Å². The summed E-state index contributed by atoms with van der Waals surface area (Å²) in [4.78, 5) is 49.4. The first-order chi connectivity index (χ1) is 19.0. The zero-order valence-corrected chi connectivity index (χ0v) is 21.4. The molecule has 0 aliphatic carbocycles. The van der Waals surface area contributed by atoms with Crippen molar-refractivity contribution < 1.29 is 14.4 Å². The van der Waals surface area contributed by atoms with Crippen molar-refractivity contribution in [1.29, 1.82) is 0 Å². The van der Waals surface area contributed by atoms with Crippen molar-refractivity contribution >= 4 is 46.5 Å². The van der Waals surface area contributed by atoms with Gasteiger partial charge in [-0.15, -0.1) is 0 Å². The van der Waals surface area contributed by atoms with Crippen molar-refractivity contribution in [3.63, 3.8) is 0 Å². The van der Waals surface area contributed by atoms with E-state index in [0.717, 1.165) is 11.3 Å². The third-order valence-corrected chi connectivity index (χ3v) is 8.40. The third-order valence-electron chi connectivity index (χ3n) is 8.17. The molecule has 3 aromatic carbocycles. The second-order valence-electron chi connectivity index (χ2n) is 10.0. The highest BCUT2D eigenvalue weighted by Gasteiger charge is 2.70. The maximum absolute atomic E-state index is 14.6. The molecule has 7 heteroatoms. The largest absolute Gasteiger partial charge is 0.352 e. The molecular weight excluding hydrogens is 510 g/mol. The lowest BCUT2D eigenvalue weighted by molar-refractivity contribution is -0.121. The molecule has 1 fully saturated rings. The zero-order valence-electron chi connectivity index (χ0n) is 20.6. The van der Waals surface area contributed by atoms with Gasteiger partial charge in [0, 0.05) is 39.9 Å². The maximum atomic E-state index is 14.6. The number of carbonyl (C=O) groups excluding carboxylic acids is 3. The van der Waals surface area contributed by atoms with E-state index >= 15 is 0 Å². The van der Waals surface area contributed by atoms with Gasteiger partial charge in [-0.3, -0.25) is 19.4 Å². The van der Waals surface area contributed by atoms with E-state index in [0.29, 0.717) is 27.4 Å². The average Bonchev–Trinajstić information content (AvgIpc) is 3.45. The molecule has 3 aliphatic rings. The van der Waals surface area contributed by atoms with Crippen LogP contribution < -0.4 is 10.2 Å². The minimum atomic E-state index is -1.35. The quantitative estimate of drug-likeness (QED) is 0.347. The Morgan fingerprint density at radius 3 is 2.38 bits per heavy atom. The van der Waals surface area contributed by atoms with Gasteiger partial charge in [0.1, 0.15) is 11.5 Å². The van der Waals surface area contributed by atoms with Gasteiger partial charge in [-0.2, -0.15) is 0 Å². The van der Waals surface area contributed by atoms with E-state index in [2.05, 4.69) is 10.3 Å². The van der Waals surface area contributed by atoms with E-state index in [1.165, 1.54) is 0 Å². The molecule has 1 aromatic heterocycles. The number of Topliss-reactive ketones (excluding diaryl/α,β-unsaturated/α-hetero) is 2. The summed E-state index contributed by atoms with van der Waals surface area (Å²) in [6, 6.07) is 23.6. The van der Waals surface area contributed by atoms with Gasteiger partial charge < -0.3 is 10.2 Å². The molecule has 4 heterocycles. The SMILES string of the molecule is O=C(c1ccccc1)[C@H]1[C@H](C(=O)c2ccncc2)[C@]2(C(=O)Nc3ccccc32)[C@H]2C=Cc3cc(Cl)ccc3N12. The van der Waals surface area contributed by atoms with Crippen molar-refractivity contribution in [2.75, 3.05) is 10.2 Å². The normalized spacial score (nSPS) is 24.2. The topological polar surface area (TPSA) is 79.4 Å². The summed E-state index contributed by atoms with van der Waals surface area (Å²) in [5, 5.41) is 3.60. The first kappa shape index (κ1) is 23.6. The van der Waals surface area contributed by atoms with Crippen LogP contribution >= 0.6 is 11.6 Å². The minimum Gasteiger partial charge on any atom is -0.352 e. The molecule has 1 saturated heterocycles. The number of hydrogen-bond donors (Lipinski definition) is 1. The minimum absolute atomic E-state index is 0.224. The number of ketones is 2. The van der Waals surface area contributed by atoms with E-state index in [-0.39, 0.29) is 17.5 Å². The van der Waals surface area contributed by atoms with Gasteiger partial charge in [0.25, 0.3) is 0 Å². The zero-order chi connectivity index (χ0) is 26.7. The number of nitrogens with zero attached hydrogens (tertiary/aromatic N) is 2. The number of rotatable bonds is 4. The van der Waals surface area contributed by atoms with E-state index < -0.39 is 23.4 Å². The van der Waals surface area contributed by atoms with Crippen LogP contribution in [0.3, 0.4) is 0 Å². The summed E-state index contributed by atoms with van der Waals surface area (Å²) >= 11 is 6.34. The Hall–Kier alpha value is -4.55. The van der Waals surface area contributed by atoms with Gasteiger partial charge in [-0.25, -0.2) is 0 Å². The third kappa shape index (κ3) is 3.28. The van der Waals surface area contributed by atoms with Crippen LogP contribution in [0.4, 0.5) is 11.4 Å². The number of amides is 1. The van der Waals surface area contributed by atoms with Crippen molar-refractivity contribution in [2.45, 2.75) is 17.5 Å². The number of para-hydroxylation sites is 1. The highest BCUT2D eigenvalue weighted by atomic mass is 35.5. The lowest BCUT2D eigenvalue weighted by Crippen LogP contribution is -2.51. The number of pyridine rings is 1. The highest BCUT2D eigenvalue weighted by molar-refractivity contribution is 6.31. The number of aromatic nitrogens is 1. The predicted molar refractivity (Wildman–Crippen MR) is 150 cm³/mol. The Morgan fingerprint density at radius 1 is 0.872 bits per heavy atom. The average molecular weight is 532 g/mol. The fourth-order valence-corrected chi connectivity index (χ4v) is 6.80. The summed E-state index contributed by atoms with van der Waals surface area (Å²) in [7, 11) is 0. The van der Waals surface area contributed by atoms with Gasteiger partial charge in [0.2, 0.25) is 5.91 Å². The Labute approximate surface area is 229 Å². The van der Waals surface area contributed by atoms with Crippen molar-refractivity contribution in [3.8, 4) is 0 Å². The molecule has 1 amide bonds. The Morgan fingerprint density at radius 2 is 1.59 bits per heavy atom. The molecule has 4 aromatic rings. The van der Waals surface area contributed by atoms with Crippen molar-refractivity contribution in [1.82, 2.24) is 4.98 Å². The summed E-state index contributed by atoms with van der Waals surface area (Å²) < 4.78 is 0. The molecule has 0 bridgehead atoms. The fraction of sp³-hybridized carbons (Fsp3) is 0.125. The van der Waals surface area contributed by atoms with Crippen LogP contribution in [-0.2, 0) is 10.2 Å². The van der Waals surface area contributed by atoms with Crippen LogP contribution in [0.5, 0.6) is 0 Å². The predicted octanol–water partition coefficient (Wildman–Crippen LogP) is 5.59. The molecule has 6 nitrogen and oxygen atoms in total. The van der Waals surface area contributed by atoms with Crippen molar-refractivity contribution in [2.24, 2.45) is 5.92 Å². The standard InChI is InChI=1S/C32H22ClN3O3/c33-22-11-12-25-21(18-22)10-13-26-32(23-8-4-5-9-24(23)35-31(32)39)27(29(37)20-14-16-34-17-15-20)28(36(25)26)30(38)19-6-2-1-3-7-19/h1-18,26-28H,(H,35,39)/t26-,27-,28-,32-/m1/s1. The molecule has 0 unspecified atom stereocenters. The molecule has 1 spiro atoms. The Balaban J connectivity index is 1.55. The molecular formula is C32H22ClN3O3. The van der Waals surface area contributed by atoms with Crippen molar-refractivity contribution in [3.05, 3.63) is 131 Å². The molecule has 0 saturated carbocycles. The van der Waals surface area contributed by atoms with Gasteiger partial charge >= 0.3 is 0 Å². The molecule has 39 heavy (non-hydrogen) atoms. The van der Waals surface area contributed by atoms with Crippen LogP contribution in [0, 0.1) is 5.92 Å². The monoisotopic (exact) mass is 531 g/mol. The second kappa shape index (κ2) is 8.75. The number of halogens is 1. The van der Waals surface area contributed by atoms with E-state index in [4.69, 9.17) is 11.6 Å². The number of nitrogens with one attached hydrogen (secondary N) is 1. The summed E-state index contributed by atoms with van der Waals surface area (Å²) in [5.74, 6) is -1.82. The summed E-state index contributed by atoms with van der Waals surface area (Å²) in [6.07, 6.45) is 6.97. The maximum Gasteiger partial charge on any atom is 0.238 e. The summed E-state index contributed by atoms with van der Waals surface area (Å²) in [5.41, 5.74) is 2.46. The first-order valence-corrected chi connectivity index (χ1v) is 13.1. The molecule has 0 radical (unpaired) electrons. The number of benzene rings is 3. The number of hydrogen-bond acceptors (Lipinski definition) is 5. The Bertz CT molecular complexity index is 1690. The lowest BCUT2D eigenvalue weighted by atomic mass is 9.64. The van der Waals surface area contributed by atoms with Gasteiger partial charge in [-0.05, 0) is 47.5 Å². The second-order valence-corrected chi connectivity index (χ2v) is 10.5. The van der Waals surface area contributed by atoms with Crippen LogP contribution in [0.2, 0.25) is 5.02 Å². The number of fused-ring (bicyclic) bond motifs is 6. The van der Waals surface area contributed by atoms with Crippen LogP contribution in [0.15, 0.2) is 103 Å². The van der Waals surface area contributed by atoms with E-state index in [9.17, 15) is 14.4 Å². The lowest BCUT2D eigenvalue weighted by Gasteiger charge is -2.37. The molecule has 7 rings (SSSR count).